The Bertz CT molecular complexity index is 912. The Morgan fingerprint density at radius 1 is 1.12 bits per heavy atom. The Morgan fingerprint density at radius 2 is 1.73 bits per heavy atom. The normalized spacial score (nSPS) is 28.2. The predicted molar refractivity (Wildman–Crippen MR) is 125 cm³/mol. The van der Waals surface area contributed by atoms with E-state index < -0.39 is 18.0 Å². The SMILES string of the molecule is COc1cc(Cl)c(C)cc1NC(=O)C(C)OC(=O)CNC(=O)CC12CC3CC(CC(C3)C1)C2. The second-order valence-electron chi connectivity index (χ2n) is 10.3. The minimum atomic E-state index is -1.03. The Balaban J connectivity index is 1.24. The highest BCUT2D eigenvalue weighted by Gasteiger charge is 2.51. The molecule has 180 valence electrons. The maximum atomic E-state index is 12.6. The van der Waals surface area contributed by atoms with Crippen LogP contribution in [0, 0.1) is 30.1 Å². The summed E-state index contributed by atoms with van der Waals surface area (Å²) in [6, 6.07) is 3.31. The van der Waals surface area contributed by atoms with E-state index in [1.165, 1.54) is 33.3 Å². The monoisotopic (exact) mass is 476 g/mol. The number of halogens is 1. The molecule has 2 amide bonds. The number of hydrogen-bond acceptors (Lipinski definition) is 5. The molecule has 0 aromatic heterocycles. The minimum Gasteiger partial charge on any atom is -0.495 e. The van der Waals surface area contributed by atoms with Gasteiger partial charge < -0.3 is 20.1 Å². The van der Waals surface area contributed by atoms with Crippen molar-refractivity contribution in [1.82, 2.24) is 5.32 Å². The van der Waals surface area contributed by atoms with Crippen LogP contribution in [0.15, 0.2) is 12.1 Å². The zero-order chi connectivity index (χ0) is 23.8. The van der Waals surface area contributed by atoms with Gasteiger partial charge in [0, 0.05) is 17.5 Å². The van der Waals surface area contributed by atoms with Crippen LogP contribution in [0.1, 0.15) is 57.4 Å². The van der Waals surface area contributed by atoms with Gasteiger partial charge in [-0.2, -0.15) is 0 Å². The van der Waals surface area contributed by atoms with Gasteiger partial charge in [-0.05, 0) is 87.2 Å². The smallest absolute Gasteiger partial charge is 0.326 e. The van der Waals surface area contributed by atoms with Crippen molar-refractivity contribution >= 4 is 35.1 Å². The fourth-order valence-electron chi connectivity index (χ4n) is 6.54. The molecule has 0 radical (unpaired) electrons. The van der Waals surface area contributed by atoms with Gasteiger partial charge in [0.05, 0.1) is 12.8 Å². The maximum Gasteiger partial charge on any atom is 0.326 e. The van der Waals surface area contributed by atoms with E-state index in [2.05, 4.69) is 10.6 Å². The summed E-state index contributed by atoms with van der Waals surface area (Å²) in [5.74, 6) is 1.49. The number of aryl methyl sites for hydroxylation is 1. The molecular formula is C25H33ClN2O5. The van der Waals surface area contributed by atoms with Gasteiger partial charge in [0.15, 0.2) is 6.10 Å². The first kappa shape index (κ1) is 23.9. The molecule has 0 aliphatic heterocycles. The van der Waals surface area contributed by atoms with E-state index in [1.54, 1.807) is 12.1 Å². The molecule has 4 aliphatic rings. The molecule has 8 heteroatoms. The maximum absolute atomic E-state index is 12.6. The van der Waals surface area contributed by atoms with Crippen LogP contribution in [0.2, 0.25) is 5.02 Å². The molecule has 0 saturated heterocycles. The van der Waals surface area contributed by atoms with Crippen molar-refractivity contribution in [1.29, 1.82) is 0 Å². The van der Waals surface area contributed by atoms with E-state index in [0.717, 1.165) is 42.6 Å². The molecular weight excluding hydrogens is 444 g/mol. The topological polar surface area (TPSA) is 93.7 Å². The van der Waals surface area contributed by atoms with Gasteiger partial charge in [-0.15, -0.1) is 0 Å². The first-order chi connectivity index (χ1) is 15.7. The summed E-state index contributed by atoms with van der Waals surface area (Å²) in [6.07, 6.45) is 6.86. The fourth-order valence-corrected chi connectivity index (χ4v) is 6.69. The number of rotatable bonds is 8. The first-order valence-electron chi connectivity index (χ1n) is 11.8. The summed E-state index contributed by atoms with van der Waals surface area (Å²) in [6.45, 7) is 3.05. The van der Waals surface area contributed by atoms with Crippen LogP contribution in [0.3, 0.4) is 0 Å². The highest BCUT2D eigenvalue weighted by Crippen LogP contribution is 2.61. The lowest BCUT2D eigenvalue weighted by atomic mass is 9.49. The van der Waals surface area contributed by atoms with Crippen LogP contribution >= 0.6 is 11.6 Å². The molecule has 0 spiro atoms. The third kappa shape index (κ3) is 5.45. The lowest BCUT2D eigenvalue weighted by molar-refractivity contribution is -0.153. The van der Waals surface area contributed by atoms with Gasteiger partial charge >= 0.3 is 5.97 Å². The van der Waals surface area contributed by atoms with Crippen molar-refractivity contribution in [3.63, 3.8) is 0 Å². The van der Waals surface area contributed by atoms with Crippen molar-refractivity contribution < 1.29 is 23.9 Å². The highest BCUT2D eigenvalue weighted by molar-refractivity contribution is 6.31. The minimum absolute atomic E-state index is 0.104. The van der Waals surface area contributed by atoms with E-state index in [-0.39, 0.29) is 17.9 Å². The average Bonchev–Trinajstić information content (AvgIpc) is 2.73. The van der Waals surface area contributed by atoms with Crippen LogP contribution < -0.4 is 15.4 Å². The van der Waals surface area contributed by atoms with Gasteiger partial charge in [-0.25, -0.2) is 0 Å². The number of nitrogens with one attached hydrogen (secondary N) is 2. The summed E-state index contributed by atoms with van der Waals surface area (Å²) in [5, 5.41) is 5.92. The molecule has 1 aromatic carbocycles. The van der Waals surface area contributed by atoms with Crippen molar-refractivity contribution in [2.45, 2.75) is 64.9 Å². The van der Waals surface area contributed by atoms with Gasteiger partial charge in [-0.1, -0.05) is 11.6 Å². The summed E-state index contributed by atoms with van der Waals surface area (Å²) >= 11 is 6.10. The van der Waals surface area contributed by atoms with E-state index in [1.807, 2.05) is 6.92 Å². The second kappa shape index (κ2) is 9.53. The largest absolute Gasteiger partial charge is 0.495 e. The zero-order valence-electron chi connectivity index (χ0n) is 19.5. The average molecular weight is 477 g/mol. The molecule has 4 saturated carbocycles. The number of esters is 1. The molecule has 1 aromatic rings. The van der Waals surface area contributed by atoms with Crippen LogP contribution in [0.25, 0.3) is 0 Å². The zero-order valence-corrected chi connectivity index (χ0v) is 20.3. The number of carbonyl (C=O) groups is 3. The van der Waals surface area contributed by atoms with E-state index in [9.17, 15) is 14.4 Å². The number of benzene rings is 1. The number of amides is 2. The second-order valence-corrected chi connectivity index (χ2v) is 10.7. The Kier molecular flexibility index (Phi) is 6.89. The molecule has 2 N–H and O–H groups in total. The third-order valence-electron chi connectivity index (χ3n) is 7.55. The van der Waals surface area contributed by atoms with E-state index in [4.69, 9.17) is 21.1 Å². The number of carbonyl (C=O) groups excluding carboxylic acids is 3. The number of anilines is 1. The number of methoxy groups -OCH3 is 1. The summed E-state index contributed by atoms with van der Waals surface area (Å²) in [4.78, 5) is 37.3. The molecule has 7 nitrogen and oxygen atoms in total. The Hall–Kier alpha value is -2.28. The van der Waals surface area contributed by atoms with Crippen LogP contribution in [-0.2, 0) is 19.1 Å². The van der Waals surface area contributed by atoms with Crippen LogP contribution in [0.4, 0.5) is 5.69 Å². The highest BCUT2D eigenvalue weighted by atomic mass is 35.5. The third-order valence-corrected chi connectivity index (χ3v) is 7.95. The van der Waals surface area contributed by atoms with Crippen molar-refractivity contribution in [2.24, 2.45) is 23.2 Å². The summed E-state index contributed by atoms with van der Waals surface area (Å²) in [5.41, 5.74) is 1.33. The van der Waals surface area contributed by atoms with E-state index in [0.29, 0.717) is 22.9 Å². The standard InChI is InChI=1S/C25H33ClN2O5/c1-14-4-20(21(32-3)8-19(14)26)28-24(31)15(2)33-23(30)13-27-22(29)12-25-9-16-5-17(10-25)7-18(6-16)11-25/h4,8,15-18H,5-7,9-13H2,1-3H3,(H,27,29)(H,28,31). The van der Waals surface area contributed by atoms with E-state index >= 15 is 0 Å². The van der Waals surface area contributed by atoms with Gasteiger partial charge in [0.25, 0.3) is 5.91 Å². The number of ether oxygens (including phenoxy) is 2. The predicted octanol–water partition coefficient (Wildman–Crippen LogP) is 4.25. The molecule has 0 heterocycles. The van der Waals surface area contributed by atoms with Gasteiger partial charge in [-0.3, -0.25) is 14.4 Å². The first-order valence-corrected chi connectivity index (χ1v) is 12.2. The van der Waals surface area contributed by atoms with Crippen LogP contribution in [-0.4, -0.2) is 37.5 Å². The quantitative estimate of drug-likeness (QED) is 0.547. The molecule has 1 atom stereocenters. The molecule has 33 heavy (non-hydrogen) atoms. The van der Waals surface area contributed by atoms with Gasteiger partial charge in [0.2, 0.25) is 5.91 Å². The van der Waals surface area contributed by atoms with Crippen molar-refractivity contribution in [3.05, 3.63) is 22.7 Å². The Morgan fingerprint density at radius 3 is 2.30 bits per heavy atom. The lowest BCUT2D eigenvalue weighted by Crippen LogP contribution is -2.48. The van der Waals surface area contributed by atoms with Crippen molar-refractivity contribution in [2.75, 3.05) is 19.0 Å². The number of hydrogen-bond donors (Lipinski definition) is 2. The molecule has 4 aliphatic carbocycles. The molecule has 1 unspecified atom stereocenters. The molecule has 4 fully saturated rings. The van der Waals surface area contributed by atoms with Crippen molar-refractivity contribution in [3.8, 4) is 5.75 Å². The fraction of sp³-hybridized carbons (Fsp3) is 0.640. The Labute approximate surface area is 199 Å². The van der Waals surface area contributed by atoms with Crippen LogP contribution in [0.5, 0.6) is 5.75 Å². The molecule has 4 bridgehead atoms. The van der Waals surface area contributed by atoms with Gasteiger partial charge in [0.1, 0.15) is 12.3 Å². The summed E-state index contributed by atoms with van der Waals surface area (Å²) < 4.78 is 10.5. The molecule has 5 rings (SSSR count). The lowest BCUT2D eigenvalue weighted by Gasteiger charge is -2.56. The summed E-state index contributed by atoms with van der Waals surface area (Å²) in [7, 11) is 1.48.